The second kappa shape index (κ2) is 10.9. The van der Waals surface area contributed by atoms with Crippen LogP contribution in [0.2, 0.25) is 0 Å². The summed E-state index contributed by atoms with van der Waals surface area (Å²) in [5.74, 6) is 0.601. The van der Waals surface area contributed by atoms with Gasteiger partial charge in [0.05, 0.1) is 6.54 Å². The van der Waals surface area contributed by atoms with Crippen LogP contribution in [0.25, 0.3) is 0 Å². The van der Waals surface area contributed by atoms with Gasteiger partial charge in [-0.15, -0.1) is 0 Å². The van der Waals surface area contributed by atoms with Crippen LogP contribution in [0.3, 0.4) is 0 Å². The summed E-state index contributed by atoms with van der Waals surface area (Å²) >= 11 is 0. The number of carbonyl (C=O) groups is 1. The first kappa shape index (κ1) is 15.4. The molecule has 0 aromatic heterocycles. The van der Waals surface area contributed by atoms with E-state index in [1.165, 1.54) is 0 Å². The summed E-state index contributed by atoms with van der Waals surface area (Å²) in [5, 5.41) is 6.00. The molecule has 0 fully saturated rings. The van der Waals surface area contributed by atoms with Crippen LogP contribution in [0.4, 0.5) is 0 Å². The fourth-order valence-corrected chi connectivity index (χ4v) is 1.26. The molecule has 0 aliphatic carbocycles. The van der Waals surface area contributed by atoms with E-state index in [1.807, 2.05) is 0 Å². The highest BCUT2D eigenvalue weighted by molar-refractivity contribution is 5.77. The number of carbonyl (C=O) groups excluding carboxylic acids is 1. The fraction of sp³-hybridized carbons (Fsp3) is 0.917. The minimum atomic E-state index is 0.0885. The molecule has 0 aromatic carbocycles. The lowest BCUT2D eigenvalue weighted by molar-refractivity contribution is -0.120. The third-order valence-electron chi connectivity index (χ3n) is 2.20. The van der Waals surface area contributed by atoms with Gasteiger partial charge >= 0.3 is 0 Å². The molecule has 0 saturated heterocycles. The summed E-state index contributed by atoms with van der Waals surface area (Å²) in [4.78, 5) is 11.3. The van der Waals surface area contributed by atoms with Crippen LogP contribution < -0.4 is 10.6 Å². The molecule has 4 heteroatoms. The van der Waals surface area contributed by atoms with Crippen LogP contribution >= 0.6 is 0 Å². The topological polar surface area (TPSA) is 50.4 Å². The summed E-state index contributed by atoms with van der Waals surface area (Å²) in [6, 6.07) is 0. The van der Waals surface area contributed by atoms with Crippen LogP contribution in [0.15, 0.2) is 0 Å². The van der Waals surface area contributed by atoms with E-state index in [9.17, 15) is 4.79 Å². The first-order valence-corrected chi connectivity index (χ1v) is 6.13. The quantitative estimate of drug-likeness (QED) is 0.554. The minimum Gasteiger partial charge on any atom is -0.385 e. The van der Waals surface area contributed by atoms with Crippen molar-refractivity contribution in [3.63, 3.8) is 0 Å². The molecule has 1 amide bonds. The molecule has 0 atom stereocenters. The number of hydrogen-bond acceptors (Lipinski definition) is 3. The molecule has 2 N–H and O–H groups in total. The monoisotopic (exact) mass is 230 g/mol. The summed E-state index contributed by atoms with van der Waals surface area (Å²) in [6.07, 6.45) is 3.34. The Kier molecular flexibility index (Phi) is 10.5. The second-order valence-electron chi connectivity index (χ2n) is 4.43. The van der Waals surface area contributed by atoms with Gasteiger partial charge in [0.25, 0.3) is 0 Å². The van der Waals surface area contributed by atoms with Gasteiger partial charge in [0, 0.05) is 20.3 Å². The fourth-order valence-electron chi connectivity index (χ4n) is 1.26. The van der Waals surface area contributed by atoms with Gasteiger partial charge in [0.2, 0.25) is 5.91 Å². The molecular weight excluding hydrogens is 204 g/mol. The molecular formula is C12H26N2O2. The molecule has 0 unspecified atom stereocenters. The molecule has 0 saturated carbocycles. The van der Waals surface area contributed by atoms with Gasteiger partial charge < -0.3 is 15.4 Å². The van der Waals surface area contributed by atoms with Crippen molar-refractivity contribution in [2.24, 2.45) is 5.92 Å². The zero-order valence-corrected chi connectivity index (χ0v) is 10.8. The largest absolute Gasteiger partial charge is 0.385 e. The molecule has 16 heavy (non-hydrogen) atoms. The second-order valence-corrected chi connectivity index (χ2v) is 4.43. The van der Waals surface area contributed by atoms with Gasteiger partial charge in [0.1, 0.15) is 0 Å². The SMILES string of the molecule is COCCCCCNCC(=O)NCC(C)C. The molecule has 0 aliphatic heterocycles. The molecule has 0 heterocycles. The molecule has 0 aliphatic rings. The van der Waals surface area contributed by atoms with E-state index in [0.717, 1.165) is 39.0 Å². The average molecular weight is 230 g/mol. The van der Waals surface area contributed by atoms with E-state index in [-0.39, 0.29) is 5.91 Å². The van der Waals surface area contributed by atoms with Gasteiger partial charge in [-0.1, -0.05) is 13.8 Å². The Labute approximate surface area is 99.1 Å². The van der Waals surface area contributed by atoms with Crippen molar-refractivity contribution in [2.75, 3.05) is 33.4 Å². The molecule has 0 rings (SSSR count). The average Bonchev–Trinajstić information content (AvgIpc) is 2.25. The predicted molar refractivity (Wildman–Crippen MR) is 66.4 cm³/mol. The van der Waals surface area contributed by atoms with Gasteiger partial charge in [-0.3, -0.25) is 4.79 Å². The standard InChI is InChI=1S/C12H26N2O2/c1-11(2)9-14-12(15)10-13-7-5-4-6-8-16-3/h11,13H,4-10H2,1-3H3,(H,14,15). The van der Waals surface area contributed by atoms with E-state index in [0.29, 0.717) is 12.5 Å². The van der Waals surface area contributed by atoms with Gasteiger partial charge in [-0.05, 0) is 31.7 Å². The van der Waals surface area contributed by atoms with Crippen molar-refractivity contribution in [3.8, 4) is 0 Å². The lowest BCUT2D eigenvalue weighted by Crippen LogP contribution is -2.36. The Bertz CT molecular complexity index is 172. The smallest absolute Gasteiger partial charge is 0.233 e. The van der Waals surface area contributed by atoms with E-state index >= 15 is 0 Å². The van der Waals surface area contributed by atoms with E-state index in [4.69, 9.17) is 4.74 Å². The first-order chi connectivity index (χ1) is 7.66. The van der Waals surface area contributed by atoms with Crippen molar-refractivity contribution in [1.29, 1.82) is 0 Å². The lowest BCUT2D eigenvalue weighted by atomic mass is 10.2. The van der Waals surface area contributed by atoms with Crippen LogP contribution in [0.1, 0.15) is 33.1 Å². The minimum absolute atomic E-state index is 0.0885. The maximum atomic E-state index is 11.3. The van der Waals surface area contributed by atoms with Gasteiger partial charge in [0.15, 0.2) is 0 Å². The van der Waals surface area contributed by atoms with E-state index in [2.05, 4.69) is 24.5 Å². The number of unbranched alkanes of at least 4 members (excludes halogenated alkanes) is 2. The van der Waals surface area contributed by atoms with E-state index in [1.54, 1.807) is 7.11 Å². The van der Waals surface area contributed by atoms with Crippen molar-refractivity contribution in [2.45, 2.75) is 33.1 Å². The Balaban J connectivity index is 3.15. The Morgan fingerprint density at radius 1 is 1.25 bits per heavy atom. The molecule has 96 valence electrons. The zero-order chi connectivity index (χ0) is 12.2. The van der Waals surface area contributed by atoms with Gasteiger partial charge in [-0.25, -0.2) is 0 Å². The number of ether oxygens (including phenoxy) is 1. The molecule has 4 nitrogen and oxygen atoms in total. The number of methoxy groups -OCH3 is 1. The molecule has 0 aromatic rings. The summed E-state index contributed by atoms with van der Waals surface area (Å²) in [6.45, 7) is 7.09. The van der Waals surface area contributed by atoms with Crippen LogP contribution in [0, 0.1) is 5.92 Å². The molecule has 0 radical (unpaired) electrons. The molecule has 0 spiro atoms. The lowest BCUT2D eigenvalue weighted by Gasteiger charge is -2.08. The van der Waals surface area contributed by atoms with Crippen molar-refractivity contribution in [3.05, 3.63) is 0 Å². The summed E-state index contributed by atoms with van der Waals surface area (Å²) < 4.78 is 4.96. The summed E-state index contributed by atoms with van der Waals surface area (Å²) in [5.41, 5.74) is 0. The van der Waals surface area contributed by atoms with Crippen molar-refractivity contribution >= 4 is 5.91 Å². The number of hydrogen-bond donors (Lipinski definition) is 2. The highest BCUT2D eigenvalue weighted by atomic mass is 16.5. The maximum Gasteiger partial charge on any atom is 0.233 e. The Morgan fingerprint density at radius 3 is 2.62 bits per heavy atom. The van der Waals surface area contributed by atoms with Crippen molar-refractivity contribution in [1.82, 2.24) is 10.6 Å². The van der Waals surface area contributed by atoms with Crippen molar-refractivity contribution < 1.29 is 9.53 Å². The number of rotatable bonds is 10. The van der Waals surface area contributed by atoms with Crippen LogP contribution in [-0.2, 0) is 9.53 Å². The number of amides is 1. The third kappa shape index (κ3) is 11.5. The van der Waals surface area contributed by atoms with Gasteiger partial charge in [-0.2, -0.15) is 0 Å². The van der Waals surface area contributed by atoms with Crippen LogP contribution in [-0.4, -0.2) is 39.3 Å². The number of nitrogens with one attached hydrogen (secondary N) is 2. The highest BCUT2D eigenvalue weighted by Crippen LogP contribution is 1.93. The molecule has 0 bridgehead atoms. The summed E-state index contributed by atoms with van der Waals surface area (Å²) in [7, 11) is 1.72. The normalized spacial score (nSPS) is 10.8. The zero-order valence-electron chi connectivity index (χ0n) is 10.8. The Hall–Kier alpha value is -0.610. The maximum absolute atomic E-state index is 11.3. The highest BCUT2D eigenvalue weighted by Gasteiger charge is 2.00. The first-order valence-electron chi connectivity index (χ1n) is 6.13. The predicted octanol–water partition coefficient (Wildman–Crippen LogP) is 1.16. The third-order valence-corrected chi connectivity index (χ3v) is 2.20. The van der Waals surface area contributed by atoms with Crippen LogP contribution in [0.5, 0.6) is 0 Å². The van der Waals surface area contributed by atoms with E-state index < -0.39 is 0 Å². The Morgan fingerprint density at radius 2 is 2.00 bits per heavy atom.